The summed E-state index contributed by atoms with van der Waals surface area (Å²) in [6.45, 7) is 2.41. The molecule has 0 fully saturated rings. The molecule has 0 heterocycles. The summed E-state index contributed by atoms with van der Waals surface area (Å²) in [6.07, 6.45) is 3.62. The van der Waals surface area contributed by atoms with Gasteiger partial charge in [-0.05, 0) is 31.0 Å². The van der Waals surface area contributed by atoms with E-state index in [1.54, 1.807) is 26.4 Å². The van der Waals surface area contributed by atoms with Gasteiger partial charge in [0.15, 0.2) is 17.3 Å². The van der Waals surface area contributed by atoms with Gasteiger partial charge in [0.1, 0.15) is 6.29 Å². The zero-order valence-electron chi connectivity index (χ0n) is 13.8. The fourth-order valence-electron chi connectivity index (χ4n) is 3.00. The van der Waals surface area contributed by atoms with Crippen LogP contribution in [0.15, 0.2) is 30.0 Å². The summed E-state index contributed by atoms with van der Waals surface area (Å²) >= 11 is 0. The molecule has 0 spiro atoms. The molecule has 0 aromatic heterocycles. The number of hydrogen-bond donors (Lipinski definition) is 0. The van der Waals surface area contributed by atoms with Gasteiger partial charge >= 0.3 is 0 Å². The van der Waals surface area contributed by atoms with Crippen LogP contribution in [0.25, 0.3) is 0 Å². The van der Waals surface area contributed by atoms with E-state index < -0.39 is 5.41 Å². The van der Waals surface area contributed by atoms with Crippen LogP contribution in [0.1, 0.15) is 31.7 Å². The lowest BCUT2D eigenvalue weighted by Crippen LogP contribution is -2.38. The summed E-state index contributed by atoms with van der Waals surface area (Å²) in [5, 5.41) is 0. The molecule has 0 saturated heterocycles. The summed E-state index contributed by atoms with van der Waals surface area (Å²) in [5.74, 6) is 1.71. The van der Waals surface area contributed by atoms with Gasteiger partial charge in [-0.3, -0.25) is 4.79 Å². The molecular weight excluding hydrogens is 296 g/mol. The van der Waals surface area contributed by atoms with Crippen molar-refractivity contribution in [2.75, 3.05) is 20.8 Å². The second-order valence-electron chi connectivity index (χ2n) is 5.43. The Morgan fingerprint density at radius 1 is 1.22 bits per heavy atom. The lowest BCUT2D eigenvalue weighted by atomic mass is 9.68. The van der Waals surface area contributed by atoms with Gasteiger partial charge in [0.05, 0.1) is 32.0 Å². The zero-order valence-corrected chi connectivity index (χ0v) is 13.8. The van der Waals surface area contributed by atoms with Gasteiger partial charge in [0, 0.05) is 18.9 Å². The van der Waals surface area contributed by atoms with Gasteiger partial charge in [-0.25, -0.2) is 0 Å². The Hall–Kier alpha value is -2.30. The number of allylic oxidation sites excluding steroid dienone is 2. The Balaban J connectivity index is 2.46. The highest BCUT2D eigenvalue weighted by Gasteiger charge is 2.41. The molecule has 0 amide bonds. The standard InChI is InChI=1S/C18H22O5/c1-4-23-14-7-8-18(9-10-19,17(20)12-14)13-5-6-15(21-2)16(11-13)22-3/h5-6,10-12H,4,7-9H2,1-3H3. The van der Waals surface area contributed by atoms with E-state index in [-0.39, 0.29) is 12.2 Å². The lowest BCUT2D eigenvalue weighted by molar-refractivity contribution is -0.124. The lowest BCUT2D eigenvalue weighted by Gasteiger charge is -2.34. The summed E-state index contributed by atoms with van der Waals surface area (Å²) in [5.41, 5.74) is -0.0962. The van der Waals surface area contributed by atoms with E-state index in [0.717, 1.165) is 11.8 Å². The first-order chi connectivity index (χ1) is 11.1. The molecule has 5 nitrogen and oxygen atoms in total. The average molecular weight is 318 g/mol. The first-order valence-corrected chi connectivity index (χ1v) is 7.65. The van der Waals surface area contributed by atoms with Crippen LogP contribution in [-0.2, 0) is 19.7 Å². The van der Waals surface area contributed by atoms with Crippen LogP contribution < -0.4 is 9.47 Å². The largest absolute Gasteiger partial charge is 0.498 e. The van der Waals surface area contributed by atoms with Gasteiger partial charge in [-0.15, -0.1) is 0 Å². The van der Waals surface area contributed by atoms with Crippen molar-refractivity contribution in [3.05, 3.63) is 35.6 Å². The first-order valence-electron chi connectivity index (χ1n) is 7.65. The van der Waals surface area contributed by atoms with Crippen molar-refractivity contribution in [3.63, 3.8) is 0 Å². The highest BCUT2D eigenvalue weighted by molar-refractivity contribution is 6.01. The van der Waals surface area contributed by atoms with Crippen LogP contribution in [0.4, 0.5) is 0 Å². The number of hydrogen-bond acceptors (Lipinski definition) is 5. The number of rotatable bonds is 7. The summed E-state index contributed by atoms with van der Waals surface area (Å²) in [4.78, 5) is 24.0. The Labute approximate surface area is 136 Å². The average Bonchev–Trinajstić information content (AvgIpc) is 2.57. The number of ether oxygens (including phenoxy) is 3. The van der Waals surface area contributed by atoms with Gasteiger partial charge in [-0.2, -0.15) is 0 Å². The van der Waals surface area contributed by atoms with E-state index in [0.29, 0.717) is 36.7 Å². The summed E-state index contributed by atoms with van der Waals surface area (Å²) in [6, 6.07) is 5.36. The van der Waals surface area contributed by atoms with E-state index in [4.69, 9.17) is 14.2 Å². The van der Waals surface area contributed by atoms with Crippen molar-refractivity contribution < 1.29 is 23.8 Å². The molecule has 5 heteroatoms. The molecule has 2 rings (SSSR count). The third-order valence-electron chi connectivity index (χ3n) is 4.26. The molecule has 23 heavy (non-hydrogen) atoms. The smallest absolute Gasteiger partial charge is 0.169 e. The van der Waals surface area contributed by atoms with Crippen LogP contribution in [0, 0.1) is 0 Å². The molecule has 1 unspecified atom stereocenters. The summed E-state index contributed by atoms with van der Waals surface area (Å²) in [7, 11) is 3.10. The maximum Gasteiger partial charge on any atom is 0.169 e. The molecule has 1 aliphatic rings. The third kappa shape index (κ3) is 3.23. The molecule has 1 aromatic carbocycles. The topological polar surface area (TPSA) is 61.8 Å². The molecule has 0 saturated carbocycles. The molecular formula is C18H22O5. The Kier molecular flexibility index (Phi) is 5.42. The Morgan fingerprint density at radius 2 is 1.96 bits per heavy atom. The van der Waals surface area contributed by atoms with Gasteiger partial charge in [0.25, 0.3) is 0 Å². The number of aldehydes is 1. The quantitative estimate of drug-likeness (QED) is 0.723. The van der Waals surface area contributed by atoms with Crippen molar-refractivity contribution in [1.82, 2.24) is 0 Å². The van der Waals surface area contributed by atoms with Crippen molar-refractivity contribution >= 4 is 12.1 Å². The highest BCUT2D eigenvalue weighted by Crippen LogP contribution is 2.41. The maximum atomic E-state index is 12.8. The fourth-order valence-corrected chi connectivity index (χ4v) is 3.00. The second kappa shape index (κ2) is 7.31. The SMILES string of the molecule is CCOC1=CC(=O)C(CC=O)(c2ccc(OC)c(OC)c2)CC1. The Morgan fingerprint density at radius 3 is 2.52 bits per heavy atom. The first kappa shape index (κ1) is 17.1. The van der Waals surface area contributed by atoms with Crippen LogP contribution in [-0.4, -0.2) is 32.9 Å². The van der Waals surface area contributed by atoms with Crippen LogP contribution in [0.2, 0.25) is 0 Å². The minimum Gasteiger partial charge on any atom is -0.498 e. The van der Waals surface area contributed by atoms with Gasteiger partial charge in [0.2, 0.25) is 0 Å². The predicted octanol–water partition coefficient (Wildman–Crippen LogP) is 2.81. The molecule has 0 bridgehead atoms. The van der Waals surface area contributed by atoms with Gasteiger partial charge in [-0.1, -0.05) is 6.07 Å². The van der Waals surface area contributed by atoms with E-state index in [1.807, 2.05) is 13.0 Å². The van der Waals surface area contributed by atoms with Crippen molar-refractivity contribution in [2.45, 2.75) is 31.6 Å². The molecule has 0 radical (unpaired) electrons. The Bertz CT molecular complexity index is 620. The number of carbonyl (C=O) groups is 2. The maximum absolute atomic E-state index is 12.8. The number of carbonyl (C=O) groups excluding carboxylic acids is 2. The van der Waals surface area contributed by atoms with E-state index >= 15 is 0 Å². The minimum absolute atomic E-state index is 0.105. The van der Waals surface area contributed by atoms with Crippen molar-refractivity contribution in [3.8, 4) is 11.5 Å². The van der Waals surface area contributed by atoms with Crippen LogP contribution >= 0.6 is 0 Å². The predicted molar refractivity (Wildman–Crippen MR) is 85.9 cm³/mol. The zero-order chi connectivity index (χ0) is 16.9. The van der Waals surface area contributed by atoms with E-state index in [2.05, 4.69) is 0 Å². The fraction of sp³-hybridized carbons (Fsp3) is 0.444. The minimum atomic E-state index is -0.859. The van der Waals surface area contributed by atoms with Crippen LogP contribution in [0.5, 0.6) is 11.5 Å². The van der Waals surface area contributed by atoms with Crippen LogP contribution in [0.3, 0.4) is 0 Å². The third-order valence-corrected chi connectivity index (χ3v) is 4.26. The second-order valence-corrected chi connectivity index (χ2v) is 5.43. The molecule has 124 valence electrons. The summed E-state index contributed by atoms with van der Waals surface area (Å²) < 4.78 is 16.0. The molecule has 1 aromatic rings. The van der Waals surface area contributed by atoms with E-state index in [9.17, 15) is 9.59 Å². The van der Waals surface area contributed by atoms with Crippen molar-refractivity contribution in [2.24, 2.45) is 0 Å². The number of ketones is 1. The highest BCUT2D eigenvalue weighted by atomic mass is 16.5. The van der Waals surface area contributed by atoms with Gasteiger partial charge < -0.3 is 19.0 Å². The monoisotopic (exact) mass is 318 g/mol. The molecule has 1 atom stereocenters. The number of methoxy groups -OCH3 is 2. The molecule has 0 N–H and O–H groups in total. The van der Waals surface area contributed by atoms with Crippen molar-refractivity contribution in [1.29, 1.82) is 0 Å². The normalized spacial score (nSPS) is 20.7. The van der Waals surface area contributed by atoms with E-state index in [1.165, 1.54) is 6.08 Å². The molecule has 1 aliphatic carbocycles. The molecule has 0 aliphatic heterocycles. The number of benzene rings is 1.